The van der Waals surface area contributed by atoms with Gasteiger partial charge in [-0.25, -0.2) is 0 Å². The van der Waals surface area contributed by atoms with E-state index in [1.54, 1.807) is 0 Å². The lowest BCUT2D eigenvalue weighted by molar-refractivity contribution is 0.589. The van der Waals surface area contributed by atoms with Crippen LogP contribution in [0.25, 0.3) is 0 Å². The highest BCUT2D eigenvalue weighted by atomic mass is 127. The molecule has 2 heteroatoms. The van der Waals surface area contributed by atoms with Gasteiger partial charge in [0.2, 0.25) is 0 Å². The standard InChI is InChI=1S/C18H22IN/c1-18(2,3)14-10-8-13(9-11-14)12-17(20)15-6-4-5-7-16(15)19/h4-11,17H,12,20H2,1-3H3. The molecule has 0 amide bonds. The van der Waals surface area contributed by atoms with Crippen molar-refractivity contribution in [2.24, 2.45) is 5.73 Å². The molecule has 2 rings (SSSR count). The Morgan fingerprint density at radius 3 is 2.15 bits per heavy atom. The van der Waals surface area contributed by atoms with E-state index in [1.807, 2.05) is 0 Å². The summed E-state index contributed by atoms with van der Waals surface area (Å²) in [5, 5.41) is 0. The highest BCUT2D eigenvalue weighted by molar-refractivity contribution is 14.1. The monoisotopic (exact) mass is 379 g/mol. The normalized spacial score (nSPS) is 13.2. The van der Waals surface area contributed by atoms with Gasteiger partial charge >= 0.3 is 0 Å². The van der Waals surface area contributed by atoms with Gasteiger partial charge in [-0.3, -0.25) is 0 Å². The van der Waals surface area contributed by atoms with Crippen molar-refractivity contribution in [1.29, 1.82) is 0 Å². The van der Waals surface area contributed by atoms with Crippen LogP contribution in [-0.2, 0) is 11.8 Å². The fourth-order valence-corrected chi connectivity index (χ4v) is 3.07. The Morgan fingerprint density at radius 1 is 1.00 bits per heavy atom. The smallest absolute Gasteiger partial charge is 0.0346 e. The van der Waals surface area contributed by atoms with Gasteiger partial charge in [0.1, 0.15) is 0 Å². The van der Waals surface area contributed by atoms with Crippen LogP contribution in [0.15, 0.2) is 48.5 Å². The molecule has 2 aromatic rings. The Bertz CT molecular complexity index is 567. The maximum absolute atomic E-state index is 6.35. The van der Waals surface area contributed by atoms with E-state index in [0.717, 1.165) is 6.42 Å². The van der Waals surface area contributed by atoms with Crippen molar-refractivity contribution in [3.8, 4) is 0 Å². The molecular formula is C18H22IN. The van der Waals surface area contributed by atoms with E-state index >= 15 is 0 Å². The highest BCUT2D eigenvalue weighted by Crippen LogP contribution is 2.25. The summed E-state index contributed by atoms with van der Waals surface area (Å²) in [4.78, 5) is 0. The maximum atomic E-state index is 6.35. The molecule has 0 aliphatic rings. The quantitative estimate of drug-likeness (QED) is 0.760. The van der Waals surface area contributed by atoms with Crippen molar-refractivity contribution in [2.45, 2.75) is 38.6 Å². The van der Waals surface area contributed by atoms with E-state index in [2.05, 4.69) is 91.9 Å². The van der Waals surface area contributed by atoms with Crippen LogP contribution in [0.4, 0.5) is 0 Å². The Labute approximate surface area is 135 Å². The van der Waals surface area contributed by atoms with Crippen molar-refractivity contribution >= 4 is 22.6 Å². The third kappa shape index (κ3) is 3.83. The number of benzene rings is 2. The molecule has 0 aliphatic carbocycles. The summed E-state index contributed by atoms with van der Waals surface area (Å²) in [7, 11) is 0. The van der Waals surface area contributed by atoms with E-state index in [0.29, 0.717) is 0 Å². The molecule has 0 saturated heterocycles. The Morgan fingerprint density at radius 2 is 1.60 bits per heavy atom. The van der Waals surface area contributed by atoms with Crippen LogP contribution in [0.1, 0.15) is 43.5 Å². The topological polar surface area (TPSA) is 26.0 Å². The first-order chi connectivity index (χ1) is 9.38. The molecule has 0 aromatic heterocycles. The van der Waals surface area contributed by atoms with E-state index in [9.17, 15) is 0 Å². The second-order valence-electron chi connectivity index (χ2n) is 6.28. The Hall–Kier alpha value is -0.870. The van der Waals surface area contributed by atoms with Crippen molar-refractivity contribution < 1.29 is 0 Å². The molecular weight excluding hydrogens is 357 g/mol. The molecule has 0 spiro atoms. The highest BCUT2D eigenvalue weighted by Gasteiger charge is 2.14. The summed E-state index contributed by atoms with van der Waals surface area (Å²) in [5.41, 5.74) is 10.4. The molecule has 1 nitrogen and oxygen atoms in total. The summed E-state index contributed by atoms with van der Waals surface area (Å²) in [6, 6.07) is 17.2. The van der Waals surface area contributed by atoms with Crippen LogP contribution >= 0.6 is 22.6 Å². The molecule has 0 radical (unpaired) electrons. The zero-order valence-electron chi connectivity index (χ0n) is 12.4. The molecule has 0 bridgehead atoms. The molecule has 1 unspecified atom stereocenters. The van der Waals surface area contributed by atoms with E-state index in [-0.39, 0.29) is 11.5 Å². The minimum atomic E-state index is 0.0589. The summed E-state index contributed by atoms with van der Waals surface area (Å²) < 4.78 is 1.24. The molecule has 2 aromatic carbocycles. The number of rotatable bonds is 3. The predicted molar refractivity (Wildman–Crippen MR) is 94.9 cm³/mol. The third-order valence-corrected chi connectivity index (χ3v) is 4.56. The average Bonchev–Trinajstić information content (AvgIpc) is 2.38. The van der Waals surface area contributed by atoms with Gasteiger partial charge in [0.25, 0.3) is 0 Å². The molecule has 0 saturated carbocycles. The summed E-state index contributed by atoms with van der Waals surface area (Å²) in [6.07, 6.45) is 0.879. The SMILES string of the molecule is CC(C)(C)c1ccc(CC(N)c2ccccc2I)cc1. The van der Waals surface area contributed by atoms with Gasteiger partial charge in [-0.1, -0.05) is 63.2 Å². The Balaban J connectivity index is 2.13. The number of nitrogens with two attached hydrogens (primary N) is 1. The van der Waals surface area contributed by atoms with E-state index in [1.165, 1.54) is 20.3 Å². The number of halogens is 1. The molecule has 20 heavy (non-hydrogen) atoms. The third-order valence-electron chi connectivity index (χ3n) is 3.58. The van der Waals surface area contributed by atoms with Gasteiger partial charge in [-0.15, -0.1) is 0 Å². The second-order valence-corrected chi connectivity index (χ2v) is 7.44. The van der Waals surface area contributed by atoms with Gasteiger partial charge in [-0.05, 0) is 57.2 Å². The lowest BCUT2D eigenvalue weighted by Crippen LogP contribution is -2.15. The number of hydrogen-bond acceptors (Lipinski definition) is 1. The van der Waals surface area contributed by atoms with Crippen LogP contribution in [0.5, 0.6) is 0 Å². The minimum Gasteiger partial charge on any atom is -0.324 e. The van der Waals surface area contributed by atoms with Crippen molar-refractivity contribution in [3.05, 3.63) is 68.8 Å². The van der Waals surface area contributed by atoms with E-state index < -0.39 is 0 Å². The summed E-state index contributed by atoms with van der Waals surface area (Å²) in [5.74, 6) is 0. The fraction of sp³-hybridized carbons (Fsp3) is 0.333. The first-order valence-corrected chi connectivity index (χ1v) is 8.05. The van der Waals surface area contributed by atoms with Gasteiger partial charge < -0.3 is 5.73 Å². The van der Waals surface area contributed by atoms with Gasteiger partial charge in [0.05, 0.1) is 0 Å². The minimum absolute atomic E-state index is 0.0589. The molecule has 106 valence electrons. The fourth-order valence-electron chi connectivity index (χ4n) is 2.28. The average molecular weight is 379 g/mol. The van der Waals surface area contributed by atoms with Gasteiger partial charge in [-0.2, -0.15) is 0 Å². The summed E-state index contributed by atoms with van der Waals surface area (Å²) in [6.45, 7) is 6.71. The lowest BCUT2D eigenvalue weighted by atomic mass is 9.86. The zero-order valence-corrected chi connectivity index (χ0v) is 14.5. The molecule has 0 aliphatic heterocycles. The number of hydrogen-bond donors (Lipinski definition) is 1. The molecule has 2 N–H and O–H groups in total. The van der Waals surface area contributed by atoms with Crippen LogP contribution in [0.2, 0.25) is 0 Å². The van der Waals surface area contributed by atoms with E-state index in [4.69, 9.17) is 5.73 Å². The van der Waals surface area contributed by atoms with Crippen LogP contribution in [-0.4, -0.2) is 0 Å². The maximum Gasteiger partial charge on any atom is 0.0346 e. The van der Waals surface area contributed by atoms with Gasteiger partial charge in [0, 0.05) is 9.61 Å². The van der Waals surface area contributed by atoms with Crippen LogP contribution in [0.3, 0.4) is 0 Å². The first-order valence-electron chi connectivity index (χ1n) is 6.97. The molecule has 0 heterocycles. The largest absolute Gasteiger partial charge is 0.324 e. The van der Waals surface area contributed by atoms with Crippen molar-refractivity contribution in [3.63, 3.8) is 0 Å². The van der Waals surface area contributed by atoms with Crippen molar-refractivity contribution in [2.75, 3.05) is 0 Å². The zero-order chi connectivity index (χ0) is 14.8. The van der Waals surface area contributed by atoms with Crippen molar-refractivity contribution in [1.82, 2.24) is 0 Å². The molecule has 0 fully saturated rings. The van der Waals surface area contributed by atoms with Crippen LogP contribution < -0.4 is 5.73 Å². The van der Waals surface area contributed by atoms with Gasteiger partial charge in [0.15, 0.2) is 0 Å². The predicted octanol–water partition coefficient (Wildman–Crippen LogP) is 4.83. The summed E-state index contributed by atoms with van der Waals surface area (Å²) >= 11 is 2.35. The second kappa shape index (κ2) is 6.27. The first kappa shape index (κ1) is 15.5. The Kier molecular flexibility index (Phi) is 4.86. The molecule has 1 atom stereocenters. The lowest BCUT2D eigenvalue weighted by Gasteiger charge is -2.20. The van der Waals surface area contributed by atoms with Crippen LogP contribution in [0, 0.1) is 3.57 Å².